The Bertz CT molecular complexity index is 2100. The van der Waals surface area contributed by atoms with Crippen LogP contribution in [0.4, 0.5) is 10.1 Å². The molecule has 0 radical (unpaired) electrons. The molecular weight excluding hydrogens is 726 g/mol. The molecule has 8 nitrogen and oxygen atoms in total. The number of amides is 2. The molecule has 4 aromatic rings. The van der Waals surface area contributed by atoms with E-state index in [1.165, 1.54) is 40.7 Å². The number of nitrogens with one attached hydrogen (secondary N) is 1. The number of hydrogen-bond donors (Lipinski definition) is 1. The monoisotopic (exact) mass is 781 g/mol. The van der Waals surface area contributed by atoms with E-state index < -0.39 is 0 Å². The molecule has 3 unspecified atom stereocenters. The molecule has 2 bridgehead atoms. The summed E-state index contributed by atoms with van der Waals surface area (Å²) < 4.78 is 22.1. The van der Waals surface area contributed by atoms with Crippen LogP contribution < -0.4 is 15.0 Å². The Morgan fingerprint density at radius 3 is 2.05 bits per heavy atom. The average Bonchev–Trinajstić information content (AvgIpc) is 3.77. The van der Waals surface area contributed by atoms with Crippen LogP contribution in [0.2, 0.25) is 0 Å². The van der Waals surface area contributed by atoms with Gasteiger partial charge in [0.25, 0.3) is 0 Å². The number of benzene rings is 4. The Morgan fingerprint density at radius 2 is 1.40 bits per heavy atom. The number of halogens is 1. The van der Waals surface area contributed by atoms with Gasteiger partial charge in [0.1, 0.15) is 18.2 Å². The lowest BCUT2D eigenvalue weighted by atomic mass is 9.88. The van der Waals surface area contributed by atoms with Crippen molar-refractivity contribution in [3.8, 4) is 5.75 Å². The third kappa shape index (κ3) is 8.22. The predicted octanol–water partition coefficient (Wildman–Crippen LogP) is 7.76. The van der Waals surface area contributed by atoms with Crippen molar-refractivity contribution < 1.29 is 18.7 Å². The number of ether oxygens (including phenoxy) is 1. The van der Waals surface area contributed by atoms with E-state index >= 15 is 4.39 Å². The van der Waals surface area contributed by atoms with Crippen molar-refractivity contribution in [2.45, 2.75) is 83.1 Å². The van der Waals surface area contributed by atoms with Gasteiger partial charge in [-0.2, -0.15) is 0 Å². The van der Waals surface area contributed by atoms with Crippen molar-refractivity contribution in [3.63, 3.8) is 0 Å². The van der Waals surface area contributed by atoms with E-state index in [9.17, 15) is 9.59 Å². The fourth-order valence-electron chi connectivity index (χ4n) is 10.5. The molecule has 0 aliphatic carbocycles. The molecular formula is C49H56FN5O3. The molecule has 0 spiro atoms. The standard InChI is InChI=1S/C49H56FN5O3/c1-2-43(35-9-5-3-6-10-35)48(36-11-7-4-8-12-36)37-13-17-42(18-14-37)58-26-25-52-23-21-34(22-24-52)29-53-32-40-15-16-41(33-53)55(40)46-28-39-31-54(30-38(39)27-44(46)50)45-19-20-47(56)51-49(45)57/h3-14,17-18,27-28,34,40-41,45H,2,15-16,19-26,29-33H2,1H3,(H,51,56,57). The molecule has 5 heterocycles. The van der Waals surface area contributed by atoms with Gasteiger partial charge in [-0.15, -0.1) is 0 Å². The number of piperazine rings is 1. The molecule has 5 aliphatic rings. The van der Waals surface area contributed by atoms with E-state index in [0.29, 0.717) is 50.5 Å². The number of imide groups is 1. The Labute approximate surface area is 342 Å². The lowest BCUT2D eigenvalue weighted by Crippen LogP contribution is -2.55. The second-order valence-electron chi connectivity index (χ2n) is 17.1. The van der Waals surface area contributed by atoms with Crippen LogP contribution in [0.5, 0.6) is 5.75 Å². The highest BCUT2D eigenvalue weighted by molar-refractivity contribution is 6.00. The molecule has 4 aromatic carbocycles. The van der Waals surface area contributed by atoms with Crippen molar-refractivity contribution in [2.24, 2.45) is 5.92 Å². The van der Waals surface area contributed by atoms with Crippen LogP contribution >= 0.6 is 0 Å². The van der Waals surface area contributed by atoms with Gasteiger partial charge >= 0.3 is 0 Å². The highest BCUT2D eigenvalue weighted by Gasteiger charge is 2.42. The third-order valence-corrected chi connectivity index (χ3v) is 13.4. The van der Waals surface area contributed by atoms with Crippen molar-refractivity contribution >= 4 is 28.6 Å². The number of hydrogen-bond acceptors (Lipinski definition) is 7. The maximum Gasteiger partial charge on any atom is 0.243 e. The Morgan fingerprint density at radius 1 is 0.759 bits per heavy atom. The van der Waals surface area contributed by atoms with Gasteiger partial charge in [-0.05, 0) is 121 Å². The molecule has 302 valence electrons. The minimum atomic E-state index is -0.336. The van der Waals surface area contributed by atoms with Gasteiger partial charge < -0.3 is 9.64 Å². The number of allylic oxidation sites excluding steroid dienone is 1. The van der Waals surface area contributed by atoms with Crippen LogP contribution in [0.3, 0.4) is 0 Å². The van der Waals surface area contributed by atoms with Crippen LogP contribution in [-0.2, 0) is 22.7 Å². The van der Waals surface area contributed by atoms with E-state index in [1.807, 2.05) is 0 Å². The highest BCUT2D eigenvalue weighted by Crippen LogP contribution is 2.40. The van der Waals surface area contributed by atoms with Crippen molar-refractivity contribution in [3.05, 3.63) is 131 Å². The van der Waals surface area contributed by atoms with Gasteiger partial charge in [0.2, 0.25) is 11.8 Å². The normalized spacial score (nSPS) is 23.5. The highest BCUT2D eigenvalue weighted by atomic mass is 19.1. The van der Waals surface area contributed by atoms with E-state index in [0.717, 1.165) is 81.1 Å². The maximum atomic E-state index is 15.8. The summed E-state index contributed by atoms with van der Waals surface area (Å²) in [6.45, 7) is 10.3. The van der Waals surface area contributed by atoms with Crippen LogP contribution in [0.1, 0.15) is 79.7 Å². The quantitative estimate of drug-likeness (QED) is 0.117. The summed E-state index contributed by atoms with van der Waals surface area (Å²) >= 11 is 0. The van der Waals surface area contributed by atoms with Crippen LogP contribution in [0.25, 0.3) is 11.1 Å². The lowest BCUT2D eigenvalue weighted by molar-refractivity contribution is -0.137. The van der Waals surface area contributed by atoms with Gasteiger partial charge in [-0.3, -0.25) is 29.6 Å². The van der Waals surface area contributed by atoms with Gasteiger partial charge in [-0.1, -0.05) is 79.7 Å². The molecule has 4 fully saturated rings. The Hall–Kier alpha value is -4.83. The lowest BCUT2D eigenvalue weighted by Gasteiger charge is -2.44. The topological polar surface area (TPSA) is 68.4 Å². The van der Waals surface area contributed by atoms with Gasteiger partial charge in [-0.25, -0.2) is 4.39 Å². The van der Waals surface area contributed by atoms with Crippen LogP contribution in [-0.4, -0.2) is 90.5 Å². The minimum Gasteiger partial charge on any atom is -0.492 e. The predicted molar refractivity (Wildman–Crippen MR) is 228 cm³/mol. The SMILES string of the molecule is CCC(=C(c1ccccc1)c1ccc(OCCN2CCC(CN3CC4CCC(C3)N4c3cc4c(cc3F)CN(C3CCC(=O)NC3=O)C4)CC2)cc1)c1ccccc1. The van der Waals surface area contributed by atoms with Crippen LogP contribution in [0, 0.1) is 11.7 Å². The first-order valence-corrected chi connectivity index (χ1v) is 21.6. The number of likely N-dealkylation sites (tertiary alicyclic amines) is 2. The molecule has 1 N–H and O–H groups in total. The maximum absolute atomic E-state index is 15.8. The summed E-state index contributed by atoms with van der Waals surface area (Å²) in [5.41, 5.74) is 9.08. The number of anilines is 1. The van der Waals surface area contributed by atoms with E-state index in [2.05, 4.69) is 123 Å². The van der Waals surface area contributed by atoms with Gasteiger partial charge in [0.15, 0.2) is 0 Å². The zero-order valence-electron chi connectivity index (χ0n) is 33.8. The molecule has 58 heavy (non-hydrogen) atoms. The molecule has 3 atom stereocenters. The second-order valence-corrected chi connectivity index (χ2v) is 17.1. The second kappa shape index (κ2) is 17.2. The summed E-state index contributed by atoms with van der Waals surface area (Å²) in [5, 5.41) is 2.48. The summed E-state index contributed by atoms with van der Waals surface area (Å²) in [6, 6.07) is 34.1. The average molecular weight is 782 g/mol. The van der Waals surface area contributed by atoms with E-state index in [-0.39, 0.29) is 23.7 Å². The summed E-state index contributed by atoms with van der Waals surface area (Å²) in [5.74, 6) is 1.00. The van der Waals surface area contributed by atoms with Gasteiger partial charge in [0, 0.05) is 57.8 Å². The van der Waals surface area contributed by atoms with Crippen molar-refractivity contribution in [1.29, 1.82) is 0 Å². The Kier molecular flexibility index (Phi) is 11.5. The fourth-order valence-corrected chi connectivity index (χ4v) is 10.5. The van der Waals surface area contributed by atoms with Crippen LogP contribution in [0.15, 0.2) is 97.1 Å². The molecule has 4 saturated heterocycles. The minimum absolute atomic E-state index is 0.152. The molecule has 9 rings (SSSR count). The number of carbonyl (C=O) groups is 2. The molecule has 0 saturated carbocycles. The largest absolute Gasteiger partial charge is 0.492 e. The number of piperidine rings is 2. The molecule has 9 heteroatoms. The summed E-state index contributed by atoms with van der Waals surface area (Å²) in [6.07, 6.45) is 6.40. The molecule has 2 amide bonds. The molecule has 0 aromatic heterocycles. The zero-order valence-corrected chi connectivity index (χ0v) is 33.8. The first-order valence-electron chi connectivity index (χ1n) is 21.6. The number of nitrogens with zero attached hydrogens (tertiary/aromatic N) is 4. The number of fused-ring (bicyclic) bond motifs is 3. The fraction of sp³-hybridized carbons (Fsp3) is 0.429. The zero-order chi connectivity index (χ0) is 39.6. The number of rotatable bonds is 12. The molecule has 5 aliphatic heterocycles. The van der Waals surface area contributed by atoms with Crippen molar-refractivity contribution in [1.82, 2.24) is 20.0 Å². The van der Waals surface area contributed by atoms with Crippen molar-refractivity contribution in [2.75, 3.05) is 50.8 Å². The first-order chi connectivity index (χ1) is 28.4. The first kappa shape index (κ1) is 38.7. The number of carbonyl (C=O) groups excluding carboxylic acids is 2. The Balaban J connectivity index is 0.747. The third-order valence-electron chi connectivity index (χ3n) is 13.4. The van der Waals surface area contributed by atoms with Gasteiger partial charge in [0.05, 0.1) is 11.7 Å². The smallest absolute Gasteiger partial charge is 0.243 e. The van der Waals surface area contributed by atoms with E-state index in [1.54, 1.807) is 6.07 Å². The summed E-state index contributed by atoms with van der Waals surface area (Å²) in [4.78, 5) is 33.9. The summed E-state index contributed by atoms with van der Waals surface area (Å²) in [7, 11) is 0. The van der Waals surface area contributed by atoms with E-state index in [4.69, 9.17) is 4.74 Å².